The van der Waals surface area contributed by atoms with Gasteiger partial charge in [0.05, 0.1) is 13.2 Å². The molecule has 0 aromatic carbocycles. The Morgan fingerprint density at radius 1 is 1.36 bits per heavy atom. The lowest BCUT2D eigenvalue weighted by molar-refractivity contribution is -0.121. The van der Waals surface area contributed by atoms with Gasteiger partial charge >= 0.3 is 0 Å². The van der Waals surface area contributed by atoms with E-state index in [0.717, 1.165) is 0 Å². The van der Waals surface area contributed by atoms with Crippen LogP contribution in [-0.2, 0) is 14.3 Å². The number of nitrogens with two attached hydrogens (primary N) is 1. The first-order valence-electron chi connectivity index (χ1n) is 4.41. The number of carbonyl (C=O) groups excluding carboxylic acids is 2. The first-order valence-corrected chi connectivity index (χ1v) is 4.41. The number of methoxy groups -OCH3 is 1. The number of hydrogen-bond acceptors (Lipinski definition) is 4. The first kappa shape index (κ1) is 12.9. The highest BCUT2D eigenvalue weighted by Gasteiger charge is 1.99. The lowest BCUT2D eigenvalue weighted by atomic mass is 10.4. The van der Waals surface area contributed by atoms with Gasteiger partial charge in [-0.3, -0.25) is 9.59 Å². The van der Waals surface area contributed by atoms with Gasteiger partial charge in [-0.25, -0.2) is 0 Å². The van der Waals surface area contributed by atoms with Crippen molar-refractivity contribution in [2.45, 2.75) is 6.42 Å². The first-order chi connectivity index (χ1) is 6.66. The molecule has 0 fully saturated rings. The summed E-state index contributed by atoms with van der Waals surface area (Å²) in [4.78, 5) is 21.3. The molecule has 0 unspecified atom stereocenters. The lowest BCUT2D eigenvalue weighted by Gasteiger charge is -2.04. The summed E-state index contributed by atoms with van der Waals surface area (Å²) in [6.45, 7) is 1.60. The van der Waals surface area contributed by atoms with Crippen molar-refractivity contribution in [1.82, 2.24) is 10.6 Å². The van der Waals surface area contributed by atoms with Crippen LogP contribution in [0.3, 0.4) is 0 Å². The zero-order chi connectivity index (χ0) is 10.8. The fourth-order valence-electron chi connectivity index (χ4n) is 0.769. The molecule has 14 heavy (non-hydrogen) atoms. The van der Waals surface area contributed by atoms with Gasteiger partial charge < -0.3 is 21.1 Å². The van der Waals surface area contributed by atoms with E-state index in [4.69, 9.17) is 10.5 Å². The van der Waals surface area contributed by atoms with Crippen molar-refractivity contribution in [1.29, 1.82) is 0 Å². The van der Waals surface area contributed by atoms with Crippen molar-refractivity contribution < 1.29 is 14.3 Å². The van der Waals surface area contributed by atoms with Crippen LogP contribution in [0.1, 0.15) is 6.42 Å². The van der Waals surface area contributed by atoms with Gasteiger partial charge in [0.1, 0.15) is 0 Å². The third-order valence-corrected chi connectivity index (χ3v) is 1.46. The average Bonchev–Trinajstić information content (AvgIpc) is 2.13. The second-order valence-corrected chi connectivity index (χ2v) is 2.74. The molecule has 0 aliphatic rings. The summed E-state index contributed by atoms with van der Waals surface area (Å²) in [5.74, 6) is -0.496. The van der Waals surface area contributed by atoms with Crippen LogP contribution in [0.4, 0.5) is 0 Å². The van der Waals surface area contributed by atoms with Gasteiger partial charge in [0.15, 0.2) is 0 Å². The molecule has 0 aromatic heterocycles. The lowest BCUT2D eigenvalue weighted by Crippen LogP contribution is -2.36. The molecule has 0 bridgehead atoms. The van der Waals surface area contributed by atoms with Gasteiger partial charge in [0.2, 0.25) is 11.8 Å². The number of primary amides is 1. The van der Waals surface area contributed by atoms with Crippen LogP contribution >= 0.6 is 0 Å². The molecule has 4 N–H and O–H groups in total. The smallest absolute Gasteiger partial charge is 0.234 e. The summed E-state index contributed by atoms with van der Waals surface area (Å²) in [7, 11) is 1.57. The Kier molecular flexibility index (Phi) is 7.77. The van der Waals surface area contributed by atoms with Crippen molar-refractivity contribution in [3.05, 3.63) is 0 Å². The number of amides is 2. The van der Waals surface area contributed by atoms with E-state index < -0.39 is 0 Å². The number of ether oxygens (including phenoxy) is 1. The quantitative estimate of drug-likeness (QED) is 0.406. The van der Waals surface area contributed by atoms with Gasteiger partial charge in [-0.1, -0.05) is 0 Å². The molecule has 0 aromatic rings. The summed E-state index contributed by atoms with van der Waals surface area (Å²) < 4.78 is 4.75. The summed E-state index contributed by atoms with van der Waals surface area (Å²) in [6.07, 6.45) is 0.241. The maximum Gasteiger partial charge on any atom is 0.234 e. The van der Waals surface area contributed by atoms with Crippen LogP contribution in [0.5, 0.6) is 0 Å². The highest BCUT2D eigenvalue weighted by molar-refractivity contribution is 5.78. The minimum Gasteiger partial charge on any atom is -0.383 e. The number of hydrogen-bond donors (Lipinski definition) is 3. The molecule has 0 aliphatic carbocycles. The monoisotopic (exact) mass is 203 g/mol. The van der Waals surface area contributed by atoms with E-state index >= 15 is 0 Å². The molecule has 2 amide bonds. The van der Waals surface area contributed by atoms with Crippen LogP contribution in [0.15, 0.2) is 0 Å². The fraction of sp³-hybridized carbons (Fsp3) is 0.750. The molecule has 0 atom stereocenters. The molecular formula is C8H17N3O3. The molecule has 0 saturated carbocycles. The predicted octanol–water partition coefficient (Wildman–Crippen LogP) is -1.79. The van der Waals surface area contributed by atoms with E-state index in [2.05, 4.69) is 10.6 Å². The van der Waals surface area contributed by atoms with Crippen LogP contribution in [-0.4, -0.2) is 45.2 Å². The van der Waals surface area contributed by atoms with E-state index in [1.54, 1.807) is 7.11 Å². The van der Waals surface area contributed by atoms with Crippen molar-refractivity contribution in [2.24, 2.45) is 5.73 Å². The van der Waals surface area contributed by atoms with Gasteiger partial charge in [-0.15, -0.1) is 0 Å². The molecule has 6 nitrogen and oxygen atoms in total. The molecule has 6 heteroatoms. The van der Waals surface area contributed by atoms with Crippen molar-refractivity contribution in [3.63, 3.8) is 0 Å². The van der Waals surface area contributed by atoms with Gasteiger partial charge in [-0.2, -0.15) is 0 Å². The Hall–Kier alpha value is -1.14. The largest absolute Gasteiger partial charge is 0.383 e. The number of rotatable bonds is 8. The number of carbonyl (C=O) groups is 2. The van der Waals surface area contributed by atoms with E-state index in [1.807, 2.05) is 0 Å². The Morgan fingerprint density at radius 2 is 2.07 bits per heavy atom. The van der Waals surface area contributed by atoms with Crippen molar-refractivity contribution >= 4 is 11.8 Å². The summed E-state index contributed by atoms with van der Waals surface area (Å²) >= 11 is 0. The average molecular weight is 203 g/mol. The molecule has 0 heterocycles. The van der Waals surface area contributed by atoms with Crippen LogP contribution in [0, 0.1) is 0 Å². The van der Waals surface area contributed by atoms with E-state index in [0.29, 0.717) is 19.7 Å². The van der Waals surface area contributed by atoms with E-state index in [1.165, 1.54) is 0 Å². The second-order valence-electron chi connectivity index (χ2n) is 2.74. The zero-order valence-corrected chi connectivity index (χ0v) is 8.34. The van der Waals surface area contributed by atoms with Crippen LogP contribution < -0.4 is 16.4 Å². The standard InChI is InChI=1S/C8H17N3O3/c1-14-5-4-11-8(13)6-10-3-2-7(9)12/h10H,2-6H2,1H3,(H2,9,12)(H,11,13). The maximum absolute atomic E-state index is 11.0. The molecule has 0 rings (SSSR count). The van der Waals surface area contributed by atoms with E-state index in [9.17, 15) is 9.59 Å². The fourth-order valence-corrected chi connectivity index (χ4v) is 0.769. The molecule has 82 valence electrons. The van der Waals surface area contributed by atoms with Crippen molar-refractivity contribution in [2.75, 3.05) is 33.4 Å². The minimum atomic E-state index is -0.378. The SMILES string of the molecule is COCCNC(=O)CNCCC(N)=O. The topological polar surface area (TPSA) is 93.4 Å². The minimum absolute atomic E-state index is 0.119. The maximum atomic E-state index is 11.0. The van der Waals surface area contributed by atoms with Crippen LogP contribution in [0.25, 0.3) is 0 Å². The molecule has 0 aliphatic heterocycles. The van der Waals surface area contributed by atoms with Crippen molar-refractivity contribution in [3.8, 4) is 0 Å². The molecule has 0 radical (unpaired) electrons. The summed E-state index contributed by atoms with van der Waals surface area (Å²) in [5, 5.41) is 5.42. The van der Waals surface area contributed by atoms with Gasteiger partial charge in [0, 0.05) is 26.6 Å². The Labute approximate surface area is 83.2 Å². The summed E-state index contributed by atoms with van der Waals surface area (Å²) in [6, 6.07) is 0. The van der Waals surface area contributed by atoms with E-state index in [-0.39, 0.29) is 24.8 Å². The van der Waals surface area contributed by atoms with Crippen LogP contribution in [0.2, 0.25) is 0 Å². The second kappa shape index (κ2) is 8.46. The molecule has 0 saturated heterocycles. The van der Waals surface area contributed by atoms with Gasteiger partial charge in [0.25, 0.3) is 0 Å². The Bertz CT molecular complexity index is 185. The Balaban J connectivity index is 3.22. The predicted molar refractivity (Wildman–Crippen MR) is 51.6 cm³/mol. The van der Waals surface area contributed by atoms with Gasteiger partial charge in [-0.05, 0) is 0 Å². The molecule has 0 spiro atoms. The number of nitrogens with one attached hydrogen (secondary N) is 2. The normalized spacial score (nSPS) is 9.79. The summed E-state index contributed by atoms with van der Waals surface area (Å²) in [5.41, 5.74) is 4.91. The Morgan fingerprint density at radius 3 is 2.64 bits per heavy atom. The third-order valence-electron chi connectivity index (χ3n) is 1.46. The zero-order valence-electron chi connectivity index (χ0n) is 8.34. The third kappa shape index (κ3) is 8.95. The highest BCUT2D eigenvalue weighted by atomic mass is 16.5. The molecular weight excluding hydrogens is 186 g/mol. The highest BCUT2D eigenvalue weighted by Crippen LogP contribution is 1.72.